The van der Waals surface area contributed by atoms with Gasteiger partial charge in [0.2, 0.25) is 23.7 Å². The molecule has 1 saturated carbocycles. The van der Waals surface area contributed by atoms with Crippen molar-refractivity contribution in [1.29, 1.82) is 0 Å². The highest BCUT2D eigenvalue weighted by molar-refractivity contribution is 6.06. The second kappa shape index (κ2) is 31.0. The smallest absolute Gasteiger partial charge is 0.255 e. The maximum atomic E-state index is 13.1. The van der Waals surface area contributed by atoms with Gasteiger partial charge in [-0.25, -0.2) is 9.97 Å². The zero-order valence-electron chi connectivity index (χ0n) is 54.0. The number of likely N-dealkylation sites (N-methyl/N-ethyl adjacent to an activating group) is 2. The maximum Gasteiger partial charge on any atom is 0.255 e. The van der Waals surface area contributed by atoms with Gasteiger partial charge in [-0.15, -0.1) is 0 Å². The lowest BCUT2D eigenvalue weighted by atomic mass is 9.90. The molecule has 9 N–H and O–H groups in total. The van der Waals surface area contributed by atoms with E-state index in [4.69, 9.17) is 35.7 Å². The van der Waals surface area contributed by atoms with E-state index in [1.54, 1.807) is 60.7 Å². The van der Waals surface area contributed by atoms with Crippen molar-refractivity contribution in [2.45, 2.75) is 96.2 Å². The van der Waals surface area contributed by atoms with Crippen molar-refractivity contribution in [3.63, 3.8) is 0 Å². The molecule has 1 aliphatic carbocycles. The molecule has 0 spiro atoms. The van der Waals surface area contributed by atoms with Crippen LogP contribution in [0.4, 0.5) is 69.0 Å². The first-order valence-corrected chi connectivity index (χ1v) is 31.4. The molecular formula is C69H88N18O4. The van der Waals surface area contributed by atoms with Crippen LogP contribution >= 0.6 is 0 Å². The van der Waals surface area contributed by atoms with E-state index in [1.807, 2.05) is 99.0 Å². The molecular weight excluding hydrogens is 1140 g/mol. The topological polar surface area (TPSA) is 268 Å². The van der Waals surface area contributed by atoms with Gasteiger partial charge in [0.1, 0.15) is 11.4 Å². The molecule has 4 aliphatic rings. The normalized spacial score (nSPS) is 18.4. The summed E-state index contributed by atoms with van der Waals surface area (Å²) < 4.78 is 0. The average molecular weight is 1230 g/mol. The monoisotopic (exact) mass is 1230 g/mol. The second-order valence-electron chi connectivity index (χ2n) is 25.1. The van der Waals surface area contributed by atoms with Crippen molar-refractivity contribution in [1.82, 2.24) is 34.6 Å². The van der Waals surface area contributed by atoms with Gasteiger partial charge in [-0.05, 0) is 178 Å². The summed E-state index contributed by atoms with van der Waals surface area (Å²) >= 11 is 0. The van der Waals surface area contributed by atoms with Crippen LogP contribution < -0.4 is 47.9 Å². The summed E-state index contributed by atoms with van der Waals surface area (Å²) in [6, 6.07) is 29.6. The molecule has 0 bridgehead atoms. The summed E-state index contributed by atoms with van der Waals surface area (Å²) in [6.45, 7) is 11.6. The molecule has 4 amide bonds. The Bertz CT molecular complexity index is 3630. The number of hydrogen-bond acceptors (Lipinski definition) is 18. The van der Waals surface area contributed by atoms with Crippen LogP contribution in [0.2, 0.25) is 0 Å². The summed E-state index contributed by atoms with van der Waals surface area (Å²) in [6.07, 6.45) is 16.9. The number of amides is 4. The van der Waals surface area contributed by atoms with Gasteiger partial charge in [0.15, 0.2) is 11.6 Å². The molecule has 4 aromatic carbocycles. The van der Waals surface area contributed by atoms with Crippen LogP contribution in [-0.4, -0.2) is 157 Å². The molecule has 91 heavy (non-hydrogen) atoms. The number of piperidine rings is 1. The predicted molar refractivity (Wildman–Crippen MR) is 369 cm³/mol. The zero-order valence-corrected chi connectivity index (χ0v) is 54.0. The van der Waals surface area contributed by atoms with Crippen molar-refractivity contribution in [2.75, 3.05) is 111 Å². The molecule has 478 valence electrons. The third-order valence-corrected chi connectivity index (χ3v) is 16.2. The highest BCUT2D eigenvalue weighted by atomic mass is 16.2. The first-order chi connectivity index (χ1) is 43.7. The van der Waals surface area contributed by atoms with Gasteiger partial charge < -0.3 is 62.6 Å². The van der Waals surface area contributed by atoms with Crippen molar-refractivity contribution in [2.24, 2.45) is 27.6 Å². The van der Waals surface area contributed by atoms with Gasteiger partial charge in [-0.2, -0.15) is 9.97 Å². The number of nitrogens with two attached hydrogens (primary N) is 1. The van der Waals surface area contributed by atoms with Crippen LogP contribution in [0.5, 0.6) is 0 Å². The van der Waals surface area contributed by atoms with E-state index in [-0.39, 0.29) is 41.5 Å². The molecule has 6 aromatic rings. The summed E-state index contributed by atoms with van der Waals surface area (Å²) in [5, 5.41) is 22.0. The van der Waals surface area contributed by atoms with E-state index >= 15 is 0 Å². The highest BCUT2D eigenvalue weighted by Crippen LogP contribution is 2.43. The van der Waals surface area contributed by atoms with Crippen LogP contribution in [0.1, 0.15) is 110 Å². The number of anilines is 10. The van der Waals surface area contributed by atoms with Crippen molar-refractivity contribution >= 4 is 105 Å². The molecule has 3 aliphatic heterocycles. The van der Waals surface area contributed by atoms with Gasteiger partial charge in [0, 0.05) is 126 Å². The summed E-state index contributed by atoms with van der Waals surface area (Å²) in [4.78, 5) is 87.9. The van der Waals surface area contributed by atoms with Crippen LogP contribution in [0, 0.1) is 11.8 Å². The Morgan fingerprint density at radius 1 is 0.571 bits per heavy atom. The fourth-order valence-electron chi connectivity index (χ4n) is 11.1. The largest absolute Gasteiger partial charge is 0.351 e. The van der Waals surface area contributed by atoms with Crippen molar-refractivity contribution in [3.05, 3.63) is 144 Å². The SMILES string of the molecule is CC(C)C1C=Nc2c(Nc3cccc(NC(=O)c4ccc(NC(=O)/C=C/CN(C)C)cc4)c3)nc(N3CCCC(N)C3)nc21.CC(C)C1C=Nc2c(Nc3cccc(NC(=O)c4ccc(NC(=O)/C=C/CN(C)C)cc4)c3)nc(NC3CCC(N(C)C)CC3)nc21. The number of carbonyl (C=O) groups excluding carboxylic acids is 4. The molecule has 1 saturated heterocycles. The van der Waals surface area contributed by atoms with Gasteiger partial charge >= 0.3 is 0 Å². The first-order valence-electron chi connectivity index (χ1n) is 31.4. The van der Waals surface area contributed by atoms with Gasteiger partial charge in [-0.3, -0.25) is 29.2 Å². The average Bonchev–Trinajstić information content (AvgIpc) is 1.75. The van der Waals surface area contributed by atoms with Gasteiger partial charge in [0.25, 0.3) is 11.8 Å². The van der Waals surface area contributed by atoms with Gasteiger partial charge in [0.05, 0.1) is 11.4 Å². The number of aromatic nitrogens is 4. The number of nitrogens with one attached hydrogen (secondary N) is 7. The Morgan fingerprint density at radius 2 is 1.04 bits per heavy atom. The number of fused-ring (bicyclic) bond motifs is 2. The molecule has 2 aromatic heterocycles. The Morgan fingerprint density at radius 3 is 1.51 bits per heavy atom. The standard InChI is InChI=1S/C36H47N9O2.C33H41N9O2/c1-23(2)30-22-37-33-32(30)42-36(41-26-16-18-29(19-17-26)45(5)6)43-34(33)39-27-9-7-10-28(21-27)40-35(47)24-12-14-25(15-13-24)38-31(46)11-8-20-44(3)4;1-21(2)27-19-35-30-29(27)39-33(42-17-6-8-23(34)20-42)40-31(30)37-25-9-5-10-26(18-25)38-32(44)22-12-14-24(15-13-22)36-28(43)11-7-16-41(3)4/h7-15,21-23,26,29-30H,16-20H2,1-6H3,(H,38,46)(H,40,47)(H2,39,41,42,43);5,7,9-15,18-19,21,23,27H,6,8,16-17,20,34H2,1-4H3,(H,36,43)(H,38,44)(H,37,39,40)/b11-8+;11-7+. The molecule has 22 nitrogen and oxygen atoms in total. The third kappa shape index (κ3) is 18.5. The lowest BCUT2D eigenvalue weighted by molar-refractivity contribution is -0.112. The van der Waals surface area contributed by atoms with Crippen LogP contribution in [-0.2, 0) is 9.59 Å². The Balaban J connectivity index is 0.000000216. The Hall–Kier alpha value is -9.22. The molecule has 10 rings (SSSR count). The van der Waals surface area contributed by atoms with Gasteiger partial charge in [-0.1, -0.05) is 52.0 Å². The molecule has 22 heteroatoms. The quantitative estimate of drug-likeness (QED) is 0.0294. The van der Waals surface area contributed by atoms with E-state index < -0.39 is 0 Å². The van der Waals surface area contributed by atoms with E-state index in [2.05, 4.69) is 88.8 Å². The first kappa shape index (κ1) is 66.2. The number of hydrogen-bond donors (Lipinski definition) is 8. The minimum absolute atomic E-state index is 0.0969. The fourth-order valence-corrected chi connectivity index (χ4v) is 11.1. The van der Waals surface area contributed by atoms with E-state index in [1.165, 1.54) is 12.2 Å². The van der Waals surface area contributed by atoms with E-state index in [9.17, 15) is 19.2 Å². The van der Waals surface area contributed by atoms with E-state index in [0.717, 1.165) is 79.2 Å². The molecule has 2 fully saturated rings. The highest BCUT2D eigenvalue weighted by Gasteiger charge is 2.32. The summed E-state index contributed by atoms with van der Waals surface area (Å²) in [5.74, 6) is 2.49. The molecule has 0 radical (unpaired) electrons. The Kier molecular flexibility index (Phi) is 22.6. The minimum atomic E-state index is -0.262. The molecule has 5 heterocycles. The summed E-state index contributed by atoms with van der Waals surface area (Å²) in [5.41, 5.74) is 14.6. The summed E-state index contributed by atoms with van der Waals surface area (Å²) in [7, 11) is 12.0. The zero-order chi connectivity index (χ0) is 64.7. The predicted octanol–water partition coefficient (Wildman–Crippen LogP) is 11.2. The van der Waals surface area contributed by atoms with E-state index in [0.29, 0.717) is 101 Å². The van der Waals surface area contributed by atoms with Crippen molar-refractivity contribution in [3.8, 4) is 0 Å². The fraction of sp³-hybridized carbons (Fsp3) is 0.391. The number of carbonyl (C=O) groups is 4. The minimum Gasteiger partial charge on any atom is -0.351 e. The lowest BCUT2D eigenvalue weighted by Gasteiger charge is -2.33. The van der Waals surface area contributed by atoms with Crippen LogP contribution in [0.3, 0.4) is 0 Å². The molecule has 3 unspecified atom stereocenters. The second-order valence-corrected chi connectivity index (χ2v) is 25.1. The molecule has 3 atom stereocenters. The number of benzene rings is 4. The number of rotatable bonds is 22. The maximum absolute atomic E-state index is 13.1. The number of aliphatic imine (C=N–C) groups is 2. The van der Waals surface area contributed by atoms with Crippen LogP contribution in [0.25, 0.3) is 0 Å². The van der Waals surface area contributed by atoms with Crippen LogP contribution in [0.15, 0.2) is 131 Å². The van der Waals surface area contributed by atoms with Crippen molar-refractivity contribution < 1.29 is 19.2 Å². The number of nitrogens with zero attached hydrogens (tertiary/aromatic N) is 10. The Labute approximate surface area is 534 Å². The lowest BCUT2D eigenvalue weighted by Crippen LogP contribution is -2.43. The third-order valence-electron chi connectivity index (χ3n) is 16.2.